The summed E-state index contributed by atoms with van der Waals surface area (Å²) in [4.78, 5) is 31.5. The van der Waals surface area contributed by atoms with Gasteiger partial charge in [-0.15, -0.1) is 0 Å². The van der Waals surface area contributed by atoms with Crippen LogP contribution < -0.4 is 10.9 Å². The summed E-state index contributed by atoms with van der Waals surface area (Å²) in [6.07, 6.45) is 4.37. The summed E-state index contributed by atoms with van der Waals surface area (Å²) in [7, 11) is -3.44. The first-order valence-corrected chi connectivity index (χ1v) is 10.4. The highest BCUT2D eigenvalue weighted by molar-refractivity contribution is 9.10. The summed E-state index contributed by atoms with van der Waals surface area (Å²) in [5.74, 6) is -0.497. The molecule has 1 aromatic carbocycles. The molecule has 9 heteroatoms. The molecule has 7 nitrogen and oxygen atoms in total. The van der Waals surface area contributed by atoms with Crippen molar-refractivity contribution in [3.05, 3.63) is 49.8 Å². The second-order valence-electron chi connectivity index (χ2n) is 5.91. The van der Waals surface area contributed by atoms with Crippen LogP contribution in [-0.2, 0) is 22.7 Å². The molecule has 0 saturated carbocycles. The van der Waals surface area contributed by atoms with Crippen LogP contribution in [0.4, 0.5) is 5.95 Å². The van der Waals surface area contributed by atoms with E-state index in [1.165, 1.54) is 18.2 Å². The number of benzene rings is 1. The van der Waals surface area contributed by atoms with E-state index in [9.17, 15) is 18.0 Å². The largest absolute Gasteiger partial charge is 0.292 e. The van der Waals surface area contributed by atoms with Gasteiger partial charge in [0, 0.05) is 16.3 Å². The SMILES string of the molecule is CS(=O)(=O)c1ccc(Br)c(C(=O)Nc2nc3c(c(=O)[nH]2)CCCC3)c1. The Morgan fingerprint density at radius 1 is 1.28 bits per heavy atom. The summed E-state index contributed by atoms with van der Waals surface area (Å²) >= 11 is 3.24. The molecule has 0 aliphatic heterocycles. The van der Waals surface area contributed by atoms with Crippen LogP contribution in [0, 0.1) is 0 Å². The lowest BCUT2D eigenvalue weighted by Gasteiger charge is -2.15. The molecule has 0 radical (unpaired) electrons. The second kappa shape index (κ2) is 6.72. The monoisotopic (exact) mass is 425 g/mol. The van der Waals surface area contributed by atoms with Crippen LogP contribution in [-0.4, -0.2) is 30.5 Å². The summed E-state index contributed by atoms with van der Waals surface area (Å²) in [6.45, 7) is 0. The number of hydrogen-bond acceptors (Lipinski definition) is 5. The first-order valence-electron chi connectivity index (χ1n) is 7.69. The van der Waals surface area contributed by atoms with Crippen LogP contribution in [0.2, 0.25) is 0 Å². The van der Waals surface area contributed by atoms with Crippen LogP contribution in [0.15, 0.2) is 32.4 Å². The minimum Gasteiger partial charge on any atom is -0.292 e. The Labute approximate surface area is 152 Å². The van der Waals surface area contributed by atoms with Gasteiger partial charge in [-0.25, -0.2) is 13.4 Å². The molecule has 1 heterocycles. The zero-order valence-electron chi connectivity index (χ0n) is 13.4. The van der Waals surface area contributed by atoms with E-state index >= 15 is 0 Å². The highest BCUT2D eigenvalue weighted by atomic mass is 79.9. The summed E-state index contributed by atoms with van der Waals surface area (Å²) in [6, 6.07) is 4.19. The van der Waals surface area contributed by atoms with Gasteiger partial charge in [0.25, 0.3) is 11.5 Å². The van der Waals surface area contributed by atoms with E-state index in [1.807, 2.05) is 0 Å². The Hall–Kier alpha value is -2.00. The molecule has 0 spiro atoms. The highest BCUT2D eigenvalue weighted by Gasteiger charge is 2.19. The molecule has 25 heavy (non-hydrogen) atoms. The predicted molar refractivity (Wildman–Crippen MR) is 96.7 cm³/mol. The molecular weight excluding hydrogens is 410 g/mol. The van der Waals surface area contributed by atoms with Gasteiger partial charge in [-0.3, -0.25) is 19.9 Å². The fourth-order valence-electron chi connectivity index (χ4n) is 2.75. The van der Waals surface area contributed by atoms with E-state index in [0.29, 0.717) is 28.6 Å². The molecule has 0 bridgehead atoms. The summed E-state index contributed by atoms with van der Waals surface area (Å²) in [5.41, 5.74) is 1.27. The van der Waals surface area contributed by atoms with Gasteiger partial charge in [0.05, 0.1) is 16.2 Å². The molecule has 0 atom stereocenters. The number of aromatic nitrogens is 2. The normalized spacial score (nSPS) is 14.0. The standard InChI is InChI=1S/C16H16BrN3O4S/c1-25(23,24)9-6-7-12(17)11(8-9)15(22)20-16-18-13-5-3-2-4-10(13)14(21)19-16/h6-8H,2-5H2,1H3,(H2,18,19,20,21,22). The van der Waals surface area contributed by atoms with Crippen molar-refractivity contribution >= 4 is 37.6 Å². The third-order valence-electron chi connectivity index (χ3n) is 4.03. The maximum Gasteiger partial charge on any atom is 0.259 e. The van der Waals surface area contributed by atoms with Crippen LogP contribution in [0.1, 0.15) is 34.5 Å². The van der Waals surface area contributed by atoms with Gasteiger partial charge in [-0.2, -0.15) is 0 Å². The molecule has 2 N–H and O–H groups in total. The number of H-pyrrole nitrogens is 1. The Morgan fingerprint density at radius 2 is 2.00 bits per heavy atom. The van der Waals surface area contributed by atoms with Gasteiger partial charge in [-0.1, -0.05) is 0 Å². The maximum atomic E-state index is 12.5. The van der Waals surface area contributed by atoms with E-state index in [2.05, 4.69) is 31.2 Å². The van der Waals surface area contributed by atoms with Crippen molar-refractivity contribution in [2.24, 2.45) is 0 Å². The molecule has 132 valence electrons. The molecule has 1 aliphatic rings. The molecule has 0 saturated heterocycles. The van der Waals surface area contributed by atoms with Crippen molar-refractivity contribution < 1.29 is 13.2 Å². The van der Waals surface area contributed by atoms with E-state index in [-0.39, 0.29) is 22.0 Å². The first kappa shape index (κ1) is 17.8. The number of halogens is 1. The number of anilines is 1. The van der Waals surface area contributed by atoms with Crippen molar-refractivity contribution in [1.82, 2.24) is 9.97 Å². The molecule has 1 amide bonds. The minimum absolute atomic E-state index is 0.0349. The van der Waals surface area contributed by atoms with E-state index in [0.717, 1.165) is 19.1 Å². The van der Waals surface area contributed by atoms with Crippen molar-refractivity contribution in [2.45, 2.75) is 30.6 Å². The third kappa shape index (κ3) is 3.82. The quantitative estimate of drug-likeness (QED) is 0.781. The van der Waals surface area contributed by atoms with Crippen molar-refractivity contribution in [1.29, 1.82) is 0 Å². The number of hydrogen-bond donors (Lipinski definition) is 2. The molecule has 3 rings (SSSR count). The highest BCUT2D eigenvalue weighted by Crippen LogP contribution is 2.22. The number of aromatic amines is 1. The van der Waals surface area contributed by atoms with E-state index < -0.39 is 15.7 Å². The third-order valence-corrected chi connectivity index (χ3v) is 5.84. The van der Waals surface area contributed by atoms with Crippen LogP contribution in [0.25, 0.3) is 0 Å². The maximum absolute atomic E-state index is 12.5. The lowest BCUT2D eigenvalue weighted by Crippen LogP contribution is -2.25. The Balaban J connectivity index is 1.93. The fourth-order valence-corrected chi connectivity index (χ4v) is 3.82. The average Bonchev–Trinajstić information content (AvgIpc) is 2.54. The molecule has 0 unspecified atom stereocenters. The Kier molecular flexibility index (Phi) is 4.79. The molecule has 0 fully saturated rings. The molecule has 1 aliphatic carbocycles. The second-order valence-corrected chi connectivity index (χ2v) is 8.78. The van der Waals surface area contributed by atoms with E-state index in [4.69, 9.17) is 0 Å². The number of nitrogens with zero attached hydrogens (tertiary/aromatic N) is 1. The van der Waals surface area contributed by atoms with Crippen LogP contribution in [0.3, 0.4) is 0 Å². The lowest BCUT2D eigenvalue weighted by molar-refractivity contribution is 0.102. The zero-order valence-corrected chi connectivity index (χ0v) is 15.8. The van der Waals surface area contributed by atoms with Crippen molar-refractivity contribution in [3.8, 4) is 0 Å². The van der Waals surface area contributed by atoms with E-state index in [1.54, 1.807) is 0 Å². The van der Waals surface area contributed by atoms with Crippen molar-refractivity contribution in [2.75, 3.05) is 11.6 Å². The topological polar surface area (TPSA) is 109 Å². The van der Waals surface area contributed by atoms with Crippen molar-refractivity contribution in [3.63, 3.8) is 0 Å². The first-order chi connectivity index (χ1) is 11.8. The molecule has 1 aromatic heterocycles. The number of sulfone groups is 1. The number of aryl methyl sites for hydroxylation is 1. The number of carbonyl (C=O) groups is 1. The van der Waals surface area contributed by atoms with Crippen LogP contribution >= 0.6 is 15.9 Å². The number of carbonyl (C=O) groups excluding carboxylic acids is 1. The van der Waals surface area contributed by atoms with Crippen LogP contribution in [0.5, 0.6) is 0 Å². The lowest BCUT2D eigenvalue weighted by atomic mass is 9.97. The average molecular weight is 426 g/mol. The minimum atomic E-state index is -3.44. The van der Waals surface area contributed by atoms with Gasteiger partial charge in [0.15, 0.2) is 9.84 Å². The number of amides is 1. The predicted octanol–water partition coefficient (Wildman–Crippen LogP) is 2.07. The van der Waals surface area contributed by atoms with Gasteiger partial charge >= 0.3 is 0 Å². The number of rotatable bonds is 3. The molecular formula is C16H16BrN3O4S. The van der Waals surface area contributed by atoms with Gasteiger partial charge in [0.1, 0.15) is 0 Å². The summed E-state index contributed by atoms with van der Waals surface area (Å²) < 4.78 is 23.8. The fraction of sp³-hybridized carbons (Fsp3) is 0.312. The Morgan fingerprint density at radius 3 is 2.72 bits per heavy atom. The van der Waals surface area contributed by atoms with Gasteiger partial charge in [-0.05, 0) is 59.8 Å². The summed E-state index contributed by atoms with van der Waals surface area (Å²) in [5, 5.41) is 2.54. The zero-order chi connectivity index (χ0) is 18.2. The Bertz CT molecular complexity index is 1010. The number of nitrogens with one attached hydrogen (secondary N) is 2. The smallest absolute Gasteiger partial charge is 0.259 e. The van der Waals surface area contributed by atoms with Gasteiger partial charge in [0.2, 0.25) is 5.95 Å². The molecule has 2 aromatic rings. The number of fused-ring (bicyclic) bond motifs is 1. The van der Waals surface area contributed by atoms with Gasteiger partial charge < -0.3 is 0 Å².